The van der Waals surface area contributed by atoms with E-state index in [2.05, 4.69) is 15.2 Å². The first-order chi connectivity index (χ1) is 17.1. The maximum absolute atomic E-state index is 13.1. The van der Waals surface area contributed by atoms with Gasteiger partial charge in [-0.1, -0.05) is 30.3 Å². The molecule has 0 bridgehead atoms. The molecule has 0 atom stereocenters. The number of ketones is 1. The van der Waals surface area contributed by atoms with Crippen LogP contribution in [-0.4, -0.2) is 60.5 Å². The number of morpholine rings is 1. The molecule has 5 rings (SSSR count). The quantitative estimate of drug-likeness (QED) is 0.476. The number of nitrogens with one attached hydrogen (secondary N) is 1. The van der Waals surface area contributed by atoms with Gasteiger partial charge in [0, 0.05) is 37.5 Å². The van der Waals surface area contributed by atoms with Crippen LogP contribution in [0.2, 0.25) is 0 Å². The summed E-state index contributed by atoms with van der Waals surface area (Å²) in [6.45, 7) is 3.02. The number of hydrogen-bond donors (Lipinski definition) is 1. The van der Waals surface area contributed by atoms with Gasteiger partial charge in [-0.05, 0) is 53.8 Å². The van der Waals surface area contributed by atoms with Gasteiger partial charge in [-0.2, -0.15) is 0 Å². The third-order valence-electron chi connectivity index (χ3n) is 6.18. The van der Waals surface area contributed by atoms with Gasteiger partial charge in [0.1, 0.15) is 5.75 Å². The van der Waals surface area contributed by atoms with Crippen LogP contribution in [-0.2, 0) is 16.0 Å². The monoisotopic (exact) mass is 471 g/mol. The first-order valence-electron chi connectivity index (χ1n) is 12.1. The van der Waals surface area contributed by atoms with E-state index in [1.54, 1.807) is 24.4 Å². The fourth-order valence-electron chi connectivity index (χ4n) is 4.06. The molecule has 2 fully saturated rings. The number of nitrogens with zero attached hydrogens (tertiary/aromatic N) is 2. The SMILES string of the molecule is O=C(CN1CCOCC1)Nc1cc(C(=O)Cc2ccc(-c3cccnc3)cc2)ccc1OC1CC1. The normalized spacial score (nSPS) is 16.0. The van der Waals surface area contributed by atoms with Gasteiger partial charge in [0.2, 0.25) is 5.91 Å². The molecule has 1 saturated carbocycles. The van der Waals surface area contributed by atoms with Crippen LogP contribution in [0.25, 0.3) is 11.1 Å². The van der Waals surface area contributed by atoms with E-state index >= 15 is 0 Å². The number of pyridine rings is 1. The van der Waals surface area contributed by atoms with E-state index in [1.807, 2.05) is 42.6 Å². The number of ether oxygens (including phenoxy) is 2. The lowest BCUT2D eigenvalue weighted by Gasteiger charge is -2.26. The largest absolute Gasteiger partial charge is 0.488 e. The number of anilines is 1. The molecule has 1 saturated heterocycles. The second kappa shape index (κ2) is 10.8. The number of hydrogen-bond acceptors (Lipinski definition) is 6. The Morgan fingerprint density at radius 2 is 1.83 bits per heavy atom. The van der Waals surface area contributed by atoms with Gasteiger partial charge < -0.3 is 14.8 Å². The molecule has 2 heterocycles. The predicted molar refractivity (Wildman–Crippen MR) is 134 cm³/mol. The minimum Gasteiger partial charge on any atom is -0.488 e. The van der Waals surface area contributed by atoms with Crippen LogP contribution in [0.3, 0.4) is 0 Å². The van der Waals surface area contributed by atoms with Gasteiger partial charge >= 0.3 is 0 Å². The summed E-state index contributed by atoms with van der Waals surface area (Å²) in [5.41, 5.74) is 4.12. The van der Waals surface area contributed by atoms with E-state index in [9.17, 15) is 9.59 Å². The zero-order valence-electron chi connectivity index (χ0n) is 19.6. The van der Waals surface area contributed by atoms with E-state index in [0.717, 1.165) is 42.6 Å². The summed E-state index contributed by atoms with van der Waals surface area (Å²) in [7, 11) is 0. The van der Waals surface area contributed by atoms with Crippen LogP contribution in [0.5, 0.6) is 5.75 Å². The highest BCUT2D eigenvalue weighted by molar-refractivity contribution is 6.00. The Morgan fingerprint density at radius 3 is 2.54 bits per heavy atom. The van der Waals surface area contributed by atoms with Gasteiger partial charge in [-0.15, -0.1) is 0 Å². The van der Waals surface area contributed by atoms with Crippen molar-refractivity contribution < 1.29 is 19.1 Å². The third kappa shape index (κ3) is 6.32. The fraction of sp³-hybridized carbons (Fsp3) is 0.321. The van der Waals surface area contributed by atoms with Crippen molar-refractivity contribution in [3.05, 3.63) is 78.1 Å². The molecule has 2 aromatic carbocycles. The average Bonchev–Trinajstić information content (AvgIpc) is 3.71. The Morgan fingerprint density at radius 1 is 1.03 bits per heavy atom. The number of benzene rings is 2. The maximum atomic E-state index is 13.1. The summed E-state index contributed by atoms with van der Waals surface area (Å²) in [6.07, 6.45) is 6.05. The molecule has 3 aromatic rings. The number of aromatic nitrogens is 1. The van der Waals surface area contributed by atoms with Crippen molar-refractivity contribution in [1.82, 2.24) is 9.88 Å². The Hall–Kier alpha value is -3.55. The zero-order chi connectivity index (χ0) is 24.0. The highest BCUT2D eigenvalue weighted by atomic mass is 16.5. The summed E-state index contributed by atoms with van der Waals surface area (Å²) in [5, 5.41) is 2.97. The molecule has 1 N–H and O–H groups in total. The number of rotatable bonds is 9. The van der Waals surface area contributed by atoms with Crippen molar-refractivity contribution in [2.45, 2.75) is 25.4 Å². The molecule has 2 aliphatic rings. The van der Waals surface area contributed by atoms with Crippen molar-refractivity contribution in [2.24, 2.45) is 0 Å². The van der Waals surface area contributed by atoms with Crippen molar-refractivity contribution in [3.8, 4) is 16.9 Å². The van der Waals surface area contributed by atoms with E-state index in [1.165, 1.54) is 0 Å². The lowest BCUT2D eigenvalue weighted by molar-refractivity contribution is -0.118. The molecule has 0 unspecified atom stereocenters. The average molecular weight is 472 g/mol. The van der Waals surface area contributed by atoms with E-state index in [4.69, 9.17) is 9.47 Å². The van der Waals surface area contributed by atoms with Crippen LogP contribution in [0.15, 0.2) is 67.0 Å². The van der Waals surface area contributed by atoms with E-state index in [0.29, 0.717) is 30.2 Å². The molecule has 0 radical (unpaired) electrons. The van der Waals surface area contributed by atoms with Crippen LogP contribution < -0.4 is 10.1 Å². The van der Waals surface area contributed by atoms with Crippen LogP contribution >= 0.6 is 0 Å². The molecule has 35 heavy (non-hydrogen) atoms. The van der Waals surface area contributed by atoms with Gasteiger partial charge in [-0.3, -0.25) is 19.5 Å². The first-order valence-corrected chi connectivity index (χ1v) is 12.1. The van der Waals surface area contributed by atoms with Gasteiger partial charge in [0.05, 0.1) is 31.5 Å². The highest BCUT2D eigenvalue weighted by Gasteiger charge is 2.25. The van der Waals surface area contributed by atoms with Crippen LogP contribution in [0.4, 0.5) is 5.69 Å². The van der Waals surface area contributed by atoms with Crippen LogP contribution in [0, 0.1) is 0 Å². The second-order valence-electron chi connectivity index (χ2n) is 9.00. The number of carbonyl (C=O) groups excluding carboxylic acids is 2. The summed E-state index contributed by atoms with van der Waals surface area (Å²) in [6, 6.07) is 17.2. The number of amides is 1. The molecule has 7 heteroatoms. The third-order valence-corrected chi connectivity index (χ3v) is 6.18. The lowest BCUT2D eigenvalue weighted by Crippen LogP contribution is -2.41. The van der Waals surface area contributed by atoms with Crippen molar-refractivity contribution in [2.75, 3.05) is 38.2 Å². The highest BCUT2D eigenvalue weighted by Crippen LogP contribution is 2.33. The minimum atomic E-state index is -0.122. The molecule has 180 valence electrons. The van der Waals surface area contributed by atoms with E-state index < -0.39 is 0 Å². The zero-order valence-corrected chi connectivity index (χ0v) is 19.6. The first kappa shape index (κ1) is 23.2. The molecular formula is C28H29N3O4. The Kier molecular flexibility index (Phi) is 7.16. The molecule has 7 nitrogen and oxygen atoms in total. The predicted octanol–water partition coefficient (Wildman–Crippen LogP) is 3.99. The Labute approximate surface area is 205 Å². The lowest BCUT2D eigenvalue weighted by atomic mass is 10.00. The number of Topliss-reactive ketones (excluding diaryl/α,β-unsaturated/α-hetero) is 1. The molecule has 0 spiro atoms. The van der Waals surface area contributed by atoms with Crippen LogP contribution in [0.1, 0.15) is 28.8 Å². The minimum absolute atomic E-state index is 0.0132. The maximum Gasteiger partial charge on any atom is 0.238 e. The second-order valence-corrected chi connectivity index (χ2v) is 9.00. The molecule has 1 aliphatic heterocycles. The summed E-state index contributed by atoms with van der Waals surface area (Å²) in [5.74, 6) is 0.476. The number of carbonyl (C=O) groups is 2. The molecular weight excluding hydrogens is 442 g/mol. The van der Waals surface area contributed by atoms with Gasteiger partial charge in [0.25, 0.3) is 0 Å². The topological polar surface area (TPSA) is 80.8 Å². The molecule has 1 amide bonds. The standard InChI is InChI=1S/C28H29N3O4/c32-26(16-20-3-5-21(6-4-20)23-2-1-11-29-18-23)22-7-10-27(35-24-8-9-24)25(17-22)30-28(33)19-31-12-14-34-15-13-31/h1-7,10-11,17-18,24H,8-9,12-16,19H2,(H,30,33). The summed E-state index contributed by atoms with van der Waals surface area (Å²) < 4.78 is 11.3. The summed E-state index contributed by atoms with van der Waals surface area (Å²) >= 11 is 0. The van der Waals surface area contributed by atoms with Crippen molar-refractivity contribution in [3.63, 3.8) is 0 Å². The Balaban J connectivity index is 1.27. The Bertz CT molecular complexity index is 1170. The fourth-order valence-corrected chi connectivity index (χ4v) is 4.06. The van der Waals surface area contributed by atoms with E-state index in [-0.39, 0.29) is 30.8 Å². The smallest absolute Gasteiger partial charge is 0.238 e. The molecule has 1 aromatic heterocycles. The molecule has 1 aliphatic carbocycles. The summed E-state index contributed by atoms with van der Waals surface area (Å²) in [4.78, 5) is 32.0. The van der Waals surface area contributed by atoms with Gasteiger partial charge in [0.15, 0.2) is 5.78 Å². The van der Waals surface area contributed by atoms with Gasteiger partial charge in [-0.25, -0.2) is 0 Å². The van der Waals surface area contributed by atoms with Crippen molar-refractivity contribution in [1.29, 1.82) is 0 Å². The van der Waals surface area contributed by atoms with Crippen molar-refractivity contribution >= 4 is 17.4 Å².